The molecule has 1 rings (SSSR count). The van der Waals surface area contributed by atoms with E-state index in [0.717, 1.165) is 25.9 Å². The number of likely N-dealkylation sites (N-methyl/N-ethyl adjacent to an activating group) is 1. The molecule has 0 saturated carbocycles. The predicted octanol–water partition coefficient (Wildman–Crippen LogP) is -0.421. The number of carbonyl (C=O) groups excluding carboxylic acids is 1. The molecule has 1 heterocycles. The minimum atomic E-state index is 0.0613. The van der Waals surface area contributed by atoms with Crippen molar-refractivity contribution < 1.29 is 9.90 Å². The fourth-order valence-electron chi connectivity index (χ4n) is 1.69. The van der Waals surface area contributed by atoms with Crippen molar-refractivity contribution in [2.45, 2.75) is 25.8 Å². The van der Waals surface area contributed by atoms with Crippen molar-refractivity contribution in [2.24, 2.45) is 0 Å². The van der Waals surface area contributed by atoms with Crippen LogP contribution < -0.4 is 5.32 Å². The molecular weight excluding hydrogens is 168 g/mol. The monoisotopic (exact) mass is 186 g/mol. The molecule has 0 aromatic carbocycles. The summed E-state index contributed by atoms with van der Waals surface area (Å²) < 4.78 is 0. The molecule has 0 radical (unpaired) electrons. The Kier molecular flexibility index (Phi) is 4.18. The van der Waals surface area contributed by atoms with Crippen molar-refractivity contribution in [1.82, 2.24) is 10.2 Å². The van der Waals surface area contributed by atoms with E-state index < -0.39 is 0 Å². The number of hydrogen-bond donors (Lipinski definition) is 2. The molecule has 4 heteroatoms. The summed E-state index contributed by atoms with van der Waals surface area (Å²) in [5, 5.41) is 12.0. The van der Waals surface area contributed by atoms with Gasteiger partial charge in [0.2, 0.25) is 5.91 Å². The van der Waals surface area contributed by atoms with E-state index >= 15 is 0 Å². The maximum absolute atomic E-state index is 11.5. The van der Waals surface area contributed by atoms with Gasteiger partial charge in [0.15, 0.2) is 0 Å². The number of likely N-dealkylation sites (tertiary alicyclic amines) is 1. The lowest BCUT2D eigenvalue weighted by molar-refractivity contribution is -0.131. The Hall–Kier alpha value is -0.610. The molecule has 0 aromatic rings. The third-order valence-corrected chi connectivity index (χ3v) is 2.43. The van der Waals surface area contributed by atoms with E-state index in [-0.39, 0.29) is 18.6 Å². The van der Waals surface area contributed by atoms with E-state index in [9.17, 15) is 4.79 Å². The highest BCUT2D eigenvalue weighted by atomic mass is 16.3. The molecule has 1 saturated heterocycles. The van der Waals surface area contributed by atoms with E-state index in [2.05, 4.69) is 5.32 Å². The van der Waals surface area contributed by atoms with E-state index in [4.69, 9.17) is 5.11 Å². The first-order valence-corrected chi connectivity index (χ1v) is 4.90. The van der Waals surface area contributed by atoms with Crippen LogP contribution >= 0.6 is 0 Å². The molecular formula is C9H18N2O2. The highest BCUT2D eigenvalue weighted by molar-refractivity contribution is 5.78. The van der Waals surface area contributed by atoms with E-state index in [1.165, 1.54) is 0 Å². The van der Waals surface area contributed by atoms with Gasteiger partial charge in [-0.25, -0.2) is 0 Å². The summed E-state index contributed by atoms with van der Waals surface area (Å²) in [6, 6.07) is 0.0613. The van der Waals surface area contributed by atoms with Gasteiger partial charge in [-0.05, 0) is 19.4 Å². The van der Waals surface area contributed by atoms with Gasteiger partial charge in [-0.15, -0.1) is 0 Å². The van der Waals surface area contributed by atoms with Gasteiger partial charge in [-0.1, -0.05) is 6.92 Å². The van der Waals surface area contributed by atoms with Crippen LogP contribution in [0.5, 0.6) is 0 Å². The van der Waals surface area contributed by atoms with Gasteiger partial charge in [0.1, 0.15) is 0 Å². The second-order valence-corrected chi connectivity index (χ2v) is 3.35. The molecule has 4 nitrogen and oxygen atoms in total. The van der Waals surface area contributed by atoms with E-state index in [0.29, 0.717) is 6.54 Å². The molecule has 1 aliphatic rings. The Balaban J connectivity index is 2.36. The lowest BCUT2D eigenvalue weighted by Crippen LogP contribution is -2.42. The number of rotatable bonds is 4. The molecule has 0 aromatic heterocycles. The molecule has 1 amide bonds. The topological polar surface area (TPSA) is 52.6 Å². The molecule has 0 aliphatic carbocycles. The first-order chi connectivity index (χ1) is 6.29. The van der Waals surface area contributed by atoms with Crippen LogP contribution in [-0.2, 0) is 4.79 Å². The number of aliphatic hydroxyl groups excluding tert-OH is 1. The third-order valence-electron chi connectivity index (χ3n) is 2.43. The lowest BCUT2D eigenvalue weighted by Gasteiger charge is -2.22. The van der Waals surface area contributed by atoms with E-state index in [1.807, 2.05) is 6.92 Å². The van der Waals surface area contributed by atoms with Crippen molar-refractivity contribution in [1.29, 1.82) is 0 Å². The number of aliphatic hydroxyl groups is 1. The van der Waals surface area contributed by atoms with Gasteiger partial charge in [0.25, 0.3) is 0 Å². The first kappa shape index (κ1) is 10.5. The van der Waals surface area contributed by atoms with Crippen LogP contribution in [0, 0.1) is 0 Å². The summed E-state index contributed by atoms with van der Waals surface area (Å²) in [5.74, 6) is 0.110. The smallest absolute Gasteiger partial charge is 0.236 e. The predicted molar refractivity (Wildman–Crippen MR) is 50.4 cm³/mol. The summed E-state index contributed by atoms with van der Waals surface area (Å²) in [5.41, 5.74) is 0. The molecule has 2 N–H and O–H groups in total. The molecule has 1 fully saturated rings. The Bertz CT molecular complexity index is 173. The second-order valence-electron chi connectivity index (χ2n) is 3.35. The maximum Gasteiger partial charge on any atom is 0.236 e. The average molecular weight is 186 g/mol. The van der Waals surface area contributed by atoms with Crippen molar-refractivity contribution in [2.75, 3.05) is 26.2 Å². The van der Waals surface area contributed by atoms with Gasteiger partial charge in [-0.3, -0.25) is 4.79 Å². The zero-order valence-corrected chi connectivity index (χ0v) is 8.12. The van der Waals surface area contributed by atoms with Gasteiger partial charge in [0, 0.05) is 6.54 Å². The van der Waals surface area contributed by atoms with Crippen LogP contribution in [0.2, 0.25) is 0 Å². The Morgan fingerprint density at radius 1 is 1.69 bits per heavy atom. The SMILES string of the molecule is CCNCC(=O)N1CCCC1CO. The molecule has 0 spiro atoms. The van der Waals surface area contributed by atoms with Crippen LogP contribution in [0.3, 0.4) is 0 Å². The average Bonchev–Trinajstić information content (AvgIpc) is 2.61. The molecule has 1 aliphatic heterocycles. The minimum absolute atomic E-state index is 0.0613. The van der Waals surface area contributed by atoms with Crippen molar-refractivity contribution in [3.63, 3.8) is 0 Å². The van der Waals surface area contributed by atoms with Crippen molar-refractivity contribution in [3.8, 4) is 0 Å². The normalized spacial score (nSPS) is 22.3. The van der Waals surface area contributed by atoms with Crippen LogP contribution in [0.15, 0.2) is 0 Å². The Labute approximate surface area is 78.9 Å². The number of nitrogens with one attached hydrogen (secondary N) is 1. The van der Waals surface area contributed by atoms with Gasteiger partial charge < -0.3 is 15.3 Å². The van der Waals surface area contributed by atoms with Crippen molar-refractivity contribution >= 4 is 5.91 Å². The van der Waals surface area contributed by atoms with Crippen LogP contribution in [0.1, 0.15) is 19.8 Å². The number of carbonyl (C=O) groups is 1. The van der Waals surface area contributed by atoms with Crippen LogP contribution in [-0.4, -0.2) is 48.2 Å². The van der Waals surface area contributed by atoms with Crippen LogP contribution in [0.25, 0.3) is 0 Å². The fraction of sp³-hybridized carbons (Fsp3) is 0.889. The largest absolute Gasteiger partial charge is 0.394 e. The minimum Gasteiger partial charge on any atom is -0.394 e. The summed E-state index contributed by atoms with van der Waals surface area (Å²) in [4.78, 5) is 13.3. The molecule has 13 heavy (non-hydrogen) atoms. The molecule has 0 bridgehead atoms. The number of amides is 1. The second kappa shape index (κ2) is 5.19. The lowest BCUT2D eigenvalue weighted by atomic mass is 10.2. The summed E-state index contributed by atoms with van der Waals surface area (Å²) in [6.07, 6.45) is 1.96. The highest BCUT2D eigenvalue weighted by Gasteiger charge is 2.27. The third kappa shape index (κ3) is 2.67. The van der Waals surface area contributed by atoms with E-state index in [1.54, 1.807) is 4.90 Å². The first-order valence-electron chi connectivity index (χ1n) is 4.90. The zero-order valence-electron chi connectivity index (χ0n) is 8.12. The fourth-order valence-corrected chi connectivity index (χ4v) is 1.69. The van der Waals surface area contributed by atoms with Crippen LogP contribution in [0.4, 0.5) is 0 Å². The number of nitrogens with zero attached hydrogens (tertiary/aromatic N) is 1. The quantitative estimate of drug-likeness (QED) is 0.627. The molecule has 76 valence electrons. The Morgan fingerprint density at radius 2 is 2.46 bits per heavy atom. The van der Waals surface area contributed by atoms with Gasteiger partial charge >= 0.3 is 0 Å². The zero-order chi connectivity index (χ0) is 9.68. The Morgan fingerprint density at radius 3 is 3.08 bits per heavy atom. The maximum atomic E-state index is 11.5. The highest BCUT2D eigenvalue weighted by Crippen LogP contribution is 2.16. The molecule has 1 unspecified atom stereocenters. The summed E-state index contributed by atoms with van der Waals surface area (Å²) in [6.45, 7) is 4.07. The van der Waals surface area contributed by atoms with Gasteiger partial charge in [0.05, 0.1) is 19.2 Å². The molecule has 1 atom stereocenters. The summed E-state index contributed by atoms with van der Waals surface area (Å²) >= 11 is 0. The standard InChI is InChI=1S/C9H18N2O2/c1-2-10-6-9(13)11-5-3-4-8(11)7-12/h8,10,12H,2-7H2,1H3. The van der Waals surface area contributed by atoms with Gasteiger partial charge in [-0.2, -0.15) is 0 Å². The van der Waals surface area contributed by atoms with Crippen molar-refractivity contribution in [3.05, 3.63) is 0 Å². The number of hydrogen-bond acceptors (Lipinski definition) is 3. The summed E-state index contributed by atoms with van der Waals surface area (Å²) in [7, 11) is 0.